The minimum Gasteiger partial charge on any atom is -0.454 e. The first-order valence-corrected chi connectivity index (χ1v) is 11.1. The number of ether oxygens (including phenoxy) is 2. The first-order chi connectivity index (χ1) is 16.5. The molecule has 7 nitrogen and oxygen atoms in total. The molecule has 1 atom stereocenters. The number of halogens is 1. The Kier molecular flexibility index (Phi) is 6.93. The number of aromatic nitrogens is 1. The maximum absolute atomic E-state index is 14.9. The van der Waals surface area contributed by atoms with E-state index >= 15 is 0 Å². The van der Waals surface area contributed by atoms with Crippen molar-refractivity contribution in [2.24, 2.45) is 0 Å². The van der Waals surface area contributed by atoms with Crippen molar-refractivity contribution in [1.82, 2.24) is 9.88 Å². The third kappa shape index (κ3) is 4.79. The highest BCUT2D eigenvalue weighted by atomic mass is 19.1. The van der Waals surface area contributed by atoms with Crippen LogP contribution in [0.5, 0.6) is 11.5 Å². The molecular formula is C26H25FN4O3. The van der Waals surface area contributed by atoms with E-state index < -0.39 is 5.82 Å². The molecule has 1 amide bonds. The van der Waals surface area contributed by atoms with Crippen LogP contribution in [0.25, 0.3) is 4.85 Å². The second kappa shape index (κ2) is 10.2. The lowest BCUT2D eigenvalue weighted by molar-refractivity contribution is 0.159. The van der Waals surface area contributed by atoms with Crippen LogP contribution in [0, 0.1) is 12.4 Å². The third-order valence-electron chi connectivity index (χ3n) is 5.72. The van der Waals surface area contributed by atoms with Gasteiger partial charge in [-0.05, 0) is 50.1 Å². The van der Waals surface area contributed by atoms with Crippen molar-refractivity contribution in [3.63, 3.8) is 0 Å². The largest absolute Gasteiger partial charge is 0.454 e. The summed E-state index contributed by atoms with van der Waals surface area (Å²) in [5, 5.41) is 0. The highest BCUT2D eigenvalue weighted by Gasteiger charge is 2.31. The Labute approximate surface area is 198 Å². The minimum atomic E-state index is -0.513. The van der Waals surface area contributed by atoms with E-state index in [1.807, 2.05) is 26.0 Å². The van der Waals surface area contributed by atoms with Crippen molar-refractivity contribution in [1.29, 1.82) is 0 Å². The molecule has 8 heteroatoms. The standard InChI is InChI=1S/C26H25FN4O3/c1-4-30(25-23(28-3)7-6-14-29-25)19-10-13-24(22(27)16-19)34-21-11-8-18(9-12-21)15-20-17-33-26(32)31(20)5-2/h6-14,16,20H,4-5,15,17H2,1-2H3/t20-/m0/s1. The summed E-state index contributed by atoms with van der Waals surface area (Å²) in [6.45, 7) is 12.7. The van der Waals surface area contributed by atoms with Gasteiger partial charge in [0.15, 0.2) is 11.6 Å². The summed E-state index contributed by atoms with van der Waals surface area (Å²) in [4.78, 5) is 23.0. The summed E-state index contributed by atoms with van der Waals surface area (Å²) >= 11 is 0. The SMILES string of the molecule is [C-]#[N+]c1cccnc1N(CC)c1ccc(Oc2ccc(C[C@H]3COC(=O)N3CC)cc2)c(F)c1. The van der Waals surface area contributed by atoms with Crippen LogP contribution < -0.4 is 9.64 Å². The summed E-state index contributed by atoms with van der Waals surface area (Å²) < 4.78 is 25.8. The number of carbonyl (C=O) groups excluding carboxylic acids is 1. The van der Waals surface area contributed by atoms with E-state index in [1.165, 1.54) is 6.07 Å². The predicted octanol–water partition coefficient (Wildman–Crippen LogP) is 6.10. The van der Waals surface area contributed by atoms with Crippen LogP contribution in [0.4, 0.5) is 26.4 Å². The molecule has 0 radical (unpaired) electrons. The number of rotatable bonds is 8. The van der Waals surface area contributed by atoms with Gasteiger partial charge in [0.2, 0.25) is 5.69 Å². The van der Waals surface area contributed by atoms with E-state index in [1.54, 1.807) is 52.4 Å². The van der Waals surface area contributed by atoms with Gasteiger partial charge in [0, 0.05) is 31.0 Å². The van der Waals surface area contributed by atoms with E-state index in [2.05, 4.69) is 9.83 Å². The lowest BCUT2D eigenvalue weighted by Gasteiger charge is -2.23. The van der Waals surface area contributed by atoms with Crippen molar-refractivity contribution in [3.8, 4) is 11.5 Å². The van der Waals surface area contributed by atoms with Crippen molar-refractivity contribution >= 4 is 23.3 Å². The highest BCUT2D eigenvalue weighted by Crippen LogP contribution is 2.34. The number of nitrogens with zero attached hydrogens (tertiary/aromatic N) is 4. The number of anilines is 2. The molecule has 0 unspecified atom stereocenters. The average Bonchev–Trinajstić information content (AvgIpc) is 3.21. The summed E-state index contributed by atoms with van der Waals surface area (Å²) in [5.41, 5.74) is 2.02. The Morgan fingerprint density at radius 1 is 1.24 bits per heavy atom. The first kappa shape index (κ1) is 23.1. The molecule has 0 N–H and O–H groups in total. The van der Waals surface area contributed by atoms with E-state index in [0.717, 1.165) is 5.56 Å². The van der Waals surface area contributed by atoms with E-state index in [4.69, 9.17) is 16.0 Å². The number of hydrogen-bond acceptors (Lipinski definition) is 5. The minimum absolute atomic E-state index is 0.0123. The third-order valence-corrected chi connectivity index (χ3v) is 5.72. The van der Waals surface area contributed by atoms with Gasteiger partial charge in [-0.3, -0.25) is 4.98 Å². The molecule has 4 rings (SSSR count). The van der Waals surface area contributed by atoms with Gasteiger partial charge in [-0.15, -0.1) is 0 Å². The van der Waals surface area contributed by atoms with Crippen LogP contribution in [0.15, 0.2) is 60.8 Å². The summed E-state index contributed by atoms with van der Waals surface area (Å²) in [7, 11) is 0. The zero-order chi connectivity index (χ0) is 24.1. The van der Waals surface area contributed by atoms with E-state index in [-0.39, 0.29) is 17.9 Å². The molecule has 174 valence electrons. The van der Waals surface area contributed by atoms with Crippen LogP contribution >= 0.6 is 0 Å². The molecule has 0 bridgehead atoms. The number of amides is 1. The van der Waals surface area contributed by atoms with Crippen LogP contribution in [0.2, 0.25) is 0 Å². The van der Waals surface area contributed by atoms with Gasteiger partial charge in [-0.1, -0.05) is 24.3 Å². The first-order valence-electron chi connectivity index (χ1n) is 11.1. The lowest BCUT2D eigenvalue weighted by Crippen LogP contribution is -2.34. The second-order valence-corrected chi connectivity index (χ2v) is 7.78. The fourth-order valence-electron chi connectivity index (χ4n) is 4.02. The molecule has 0 aliphatic carbocycles. The highest BCUT2D eigenvalue weighted by molar-refractivity contribution is 5.73. The van der Waals surface area contributed by atoms with Gasteiger partial charge in [0.1, 0.15) is 18.2 Å². The molecule has 1 saturated heterocycles. The second-order valence-electron chi connectivity index (χ2n) is 7.78. The molecule has 2 aromatic carbocycles. The predicted molar refractivity (Wildman–Crippen MR) is 127 cm³/mol. The molecule has 0 saturated carbocycles. The molecule has 2 heterocycles. The number of hydrogen-bond donors (Lipinski definition) is 0. The van der Waals surface area contributed by atoms with Gasteiger partial charge < -0.3 is 19.3 Å². The summed E-state index contributed by atoms with van der Waals surface area (Å²) in [5.74, 6) is 0.583. The van der Waals surface area contributed by atoms with Crippen LogP contribution in [-0.4, -0.2) is 41.7 Å². The lowest BCUT2D eigenvalue weighted by atomic mass is 10.1. The average molecular weight is 461 g/mol. The fraction of sp³-hybridized carbons (Fsp3) is 0.269. The number of cyclic esters (lactones) is 1. The zero-order valence-electron chi connectivity index (χ0n) is 19.1. The van der Waals surface area contributed by atoms with Crippen molar-refractivity contribution in [2.45, 2.75) is 26.3 Å². The van der Waals surface area contributed by atoms with Crippen molar-refractivity contribution < 1.29 is 18.7 Å². The van der Waals surface area contributed by atoms with Crippen molar-refractivity contribution in [3.05, 3.63) is 83.6 Å². The Morgan fingerprint density at radius 3 is 2.71 bits per heavy atom. The van der Waals surface area contributed by atoms with Crippen LogP contribution in [0.3, 0.4) is 0 Å². The molecule has 1 aromatic heterocycles. The monoisotopic (exact) mass is 460 g/mol. The molecule has 3 aromatic rings. The van der Waals surface area contributed by atoms with Gasteiger partial charge in [0.05, 0.1) is 12.6 Å². The van der Waals surface area contributed by atoms with Gasteiger partial charge in [-0.25, -0.2) is 14.0 Å². The molecule has 1 aliphatic heterocycles. The molecule has 1 fully saturated rings. The molecule has 0 spiro atoms. The zero-order valence-corrected chi connectivity index (χ0v) is 19.1. The van der Waals surface area contributed by atoms with E-state index in [9.17, 15) is 9.18 Å². The molecule has 34 heavy (non-hydrogen) atoms. The molecular weight excluding hydrogens is 435 g/mol. The fourth-order valence-corrected chi connectivity index (χ4v) is 4.02. The number of benzene rings is 2. The number of likely N-dealkylation sites (N-methyl/N-ethyl adjacent to an activating group) is 1. The Balaban J connectivity index is 1.46. The Morgan fingerprint density at radius 2 is 2.03 bits per heavy atom. The quantitative estimate of drug-likeness (QED) is 0.380. The van der Waals surface area contributed by atoms with Gasteiger partial charge >= 0.3 is 6.09 Å². The Hall–Kier alpha value is -4.12. The number of pyridine rings is 1. The van der Waals surface area contributed by atoms with Gasteiger partial charge in [-0.2, -0.15) is 0 Å². The smallest absolute Gasteiger partial charge is 0.410 e. The summed E-state index contributed by atoms with van der Waals surface area (Å²) in [6.07, 6.45) is 2.01. The van der Waals surface area contributed by atoms with Crippen LogP contribution in [-0.2, 0) is 11.2 Å². The molecule has 1 aliphatic rings. The van der Waals surface area contributed by atoms with E-state index in [0.29, 0.717) is 49.1 Å². The van der Waals surface area contributed by atoms with Crippen LogP contribution in [0.1, 0.15) is 19.4 Å². The van der Waals surface area contributed by atoms with Crippen molar-refractivity contribution in [2.75, 3.05) is 24.6 Å². The van der Waals surface area contributed by atoms with Gasteiger partial charge in [0.25, 0.3) is 0 Å². The maximum Gasteiger partial charge on any atom is 0.410 e. The normalized spacial score (nSPS) is 15.1. The summed E-state index contributed by atoms with van der Waals surface area (Å²) in [6, 6.07) is 15.5. The Bertz CT molecular complexity index is 1210. The number of carbonyl (C=O) groups is 1. The topological polar surface area (TPSA) is 59.3 Å². The maximum atomic E-state index is 14.9.